The van der Waals surface area contributed by atoms with Crippen molar-refractivity contribution in [3.63, 3.8) is 0 Å². The Bertz CT molecular complexity index is 903. The molecule has 0 radical (unpaired) electrons. The van der Waals surface area contributed by atoms with E-state index in [-0.39, 0.29) is 29.5 Å². The molecule has 1 aliphatic rings. The summed E-state index contributed by atoms with van der Waals surface area (Å²) >= 11 is 0. The SMILES string of the molecule is Cc1cccc(CC(=O)c2cc(NC(=O)C3CCCNC3)cc(C(F)(F)F)c2)c1. The van der Waals surface area contributed by atoms with Gasteiger partial charge in [-0.05, 0) is 50.1 Å². The number of nitrogens with one attached hydrogen (secondary N) is 2. The van der Waals surface area contributed by atoms with Crippen LogP contribution in [0.15, 0.2) is 42.5 Å². The van der Waals surface area contributed by atoms with E-state index in [2.05, 4.69) is 10.6 Å². The third-order valence-electron chi connectivity index (χ3n) is 4.96. The summed E-state index contributed by atoms with van der Waals surface area (Å²) in [6, 6.07) is 10.3. The summed E-state index contributed by atoms with van der Waals surface area (Å²) < 4.78 is 40.0. The van der Waals surface area contributed by atoms with Gasteiger partial charge >= 0.3 is 6.18 Å². The number of carbonyl (C=O) groups is 2. The lowest BCUT2D eigenvalue weighted by Gasteiger charge is -2.22. The maximum Gasteiger partial charge on any atom is 0.416 e. The lowest BCUT2D eigenvalue weighted by atomic mass is 9.97. The Balaban J connectivity index is 1.85. The number of amides is 1. The Hall–Kier alpha value is -2.67. The molecule has 2 N–H and O–H groups in total. The standard InChI is InChI=1S/C22H23F3N2O2/c1-14-4-2-5-15(8-14)9-20(28)17-10-18(22(23,24)25)12-19(11-17)27-21(29)16-6-3-7-26-13-16/h2,4-5,8,10-12,16,26H,3,6-7,9,13H2,1H3,(H,27,29). The maximum atomic E-state index is 13.3. The van der Waals surface area contributed by atoms with E-state index in [0.717, 1.165) is 36.2 Å². The number of carbonyl (C=O) groups excluding carboxylic acids is 2. The average Bonchev–Trinajstić information content (AvgIpc) is 2.67. The van der Waals surface area contributed by atoms with Gasteiger partial charge in [0.1, 0.15) is 0 Å². The second-order valence-electron chi connectivity index (χ2n) is 7.42. The van der Waals surface area contributed by atoms with Crippen molar-refractivity contribution >= 4 is 17.4 Å². The molecule has 0 saturated carbocycles. The number of hydrogen-bond acceptors (Lipinski definition) is 3. The summed E-state index contributed by atoms with van der Waals surface area (Å²) in [6.07, 6.45) is -3.12. The molecule has 154 valence electrons. The molecule has 3 rings (SSSR count). The molecule has 2 aromatic carbocycles. The highest BCUT2D eigenvalue weighted by Gasteiger charge is 2.32. The van der Waals surface area contributed by atoms with Gasteiger partial charge in [-0.2, -0.15) is 13.2 Å². The molecule has 1 saturated heterocycles. The lowest BCUT2D eigenvalue weighted by molar-refractivity contribution is -0.137. The van der Waals surface area contributed by atoms with E-state index in [1.54, 1.807) is 12.1 Å². The van der Waals surface area contributed by atoms with Gasteiger partial charge in [-0.25, -0.2) is 0 Å². The molecule has 2 aromatic rings. The number of rotatable bonds is 5. The van der Waals surface area contributed by atoms with Crippen molar-refractivity contribution in [3.05, 3.63) is 64.7 Å². The first kappa shape index (κ1) is 21.0. The van der Waals surface area contributed by atoms with Gasteiger partial charge in [-0.3, -0.25) is 9.59 Å². The molecule has 0 aromatic heterocycles. The Morgan fingerprint density at radius 2 is 1.97 bits per heavy atom. The summed E-state index contributed by atoms with van der Waals surface area (Å²) in [5.41, 5.74) is 0.658. The summed E-state index contributed by atoms with van der Waals surface area (Å²) in [6.45, 7) is 3.20. The fraction of sp³-hybridized carbons (Fsp3) is 0.364. The van der Waals surface area contributed by atoms with Gasteiger partial charge in [0, 0.05) is 24.2 Å². The molecule has 7 heteroatoms. The topological polar surface area (TPSA) is 58.2 Å². The zero-order valence-corrected chi connectivity index (χ0v) is 16.1. The Kier molecular flexibility index (Phi) is 6.37. The normalized spacial score (nSPS) is 17.0. The van der Waals surface area contributed by atoms with Crippen LogP contribution in [0.4, 0.5) is 18.9 Å². The van der Waals surface area contributed by atoms with Crippen LogP contribution in [-0.2, 0) is 17.4 Å². The van der Waals surface area contributed by atoms with Crippen molar-refractivity contribution in [1.29, 1.82) is 0 Å². The number of anilines is 1. The molecule has 4 nitrogen and oxygen atoms in total. The fourth-order valence-electron chi connectivity index (χ4n) is 3.45. The molecule has 1 atom stereocenters. The predicted molar refractivity (Wildman–Crippen MR) is 105 cm³/mol. The van der Waals surface area contributed by atoms with Gasteiger partial charge in [0.2, 0.25) is 5.91 Å². The van der Waals surface area contributed by atoms with Crippen molar-refractivity contribution in [2.24, 2.45) is 5.92 Å². The minimum Gasteiger partial charge on any atom is -0.326 e. The largest absolute Gasteiger partial charge is 0.416 e. The van der Waals surface area contributed by atoms with Crippen LogP contribution in [0.25, 0.3) is 0 Å². The second kappa shape index (κ2) is 8.78. The van der Waals surface area contributed by atoms with Crippen LogP contribution in [0.5, 0.6) is 0 Å². The number of piperidine rings is 1. The van der Waals surface area contributed by atoms with E-state index in [0.29, 0.717) is 13.0 Å². The minimum absolute atomic E-state index is 0.0110. The molecule has 1 fully saturated rings. The first-order chi connectivity index (χ1) is 13.7. The average molecular weight is 404 g/mol. The number of hydrogen-bond donors (Lipinski definition) is 2. The Morgan fingerprint density at radius 1 is 1.17 bits per heavy atom. The van der Waals surface area contributed by atoms with Gasteiger partial charge in [0.15, 0.2) is 5.78 Å². The summed E-state index contributed by atoms with van der Waals surface area (Å²) in [5.74, 6) is -1.07. The van der Waals surface area contributed by atoms with E-state index in [1.165, 1.54) is 6.07 Å². The van der Waals surface area contributed by atoms with Crippen LogP contribution in [0, 0.1) is 12.8 Å². The van der Waals surface area contributed by atoms with Crippen LogP contribution in [0.2, 0.25) is 0 Å². The molecule has 0 spiro atoms. The van der Waals surface area contributed by atoms with E-state index in [4.69, 9.17) is 0 Å². The van der Waals surface area contributed by atoms with Crippen LogP contribution in [0.3, 0.4) is 0 Å². The van der Waals surface area contributed by atoms with Gasteiger partial charge in [-0.15, -0.1) is 0 Å². The maximum absolute atomic E-state index is 13.3. The van der Waals surface area contributed by atoms with E-state index in [1.807, 2.05) is 19.1 Å². The first-order valence-corrected chi connectivity index (χ1v) is 9.55. The molecular formula is C22H23F3N2O2. The van der Waals surface area contributed by atoms with Crippen LogP contribution < -0.4 is 10.6 Å². The summed E-state index contributed by atoms with van der Waals surface area (Å²) in [5, 5.41) is 5.66. The van der Waals surface area contributed by atoms with Crippen molar-refractivity contribution < 1.29 is 22.8 Å². The van der Waals surface area contributed by atoms with Crippen molar-refractivity contribution in [2.75, 3.05) is 18.4 Å². The quantitative estimate of drug-likeness (QED) is 0.728. The van der Waals surface area contributed by atoms with E-state index in [9.17, 15) is 22.8 Å². The molecule has 0 bridgehead atoms. The molecule has 29 heavy (non-hydrogen) atoms. The highest BCUT2D eigenvalue weighted by molar-refractivity contribution is 6.00. The molecule has 1 aliphatic heterocycles. The van der Waals surface area contributed by atoms with Crippen LogP contribution >= 0.6 is 0 Å². The lowest BCUT2D eigenvalue weighted by Crippen LogP contribution is -2.37. The number of ketones is 1. The summed E-state index contributed by atoms with van der Waals surface area (Å²) in [7, 11) is 0. The molecule has 0 aliphatic carbocycles. The number of halogens is 3. The monoisotopic (exact) mass is 404 g/mol. The van der Waals surface area contributed by atoms with E-state index < -0.39 is 17.5 Å². The number of aryl methyl sites for hydroxylation is 1. The van der Waals surface area contributed by atoms with Gasteiger partial charge in [-0.1, -0.05) is 29.8 Å². The van der Waals surface area contributed by atoms with Gasteiger partial charge in [0.25, 0.3) is 0 Å². The molecular weight excluding hydrogens is 381 g/mol. The zero-order chi connectivity index (χ0) is 21.0. The first-order valence-electron chi connectivity index (χ1n) is 9.55. The van der Waals surface area contributed by atoms with Gasteiger partial charge < -0.3 is 10.6 Å². The van der Waals surface area contributed by atoms with Crippen LogP contribution in [-0.4, -0.2) is 24.8 Å². The summed E-state index contributed by atoms with van der Waals surface area (Å²) in [4.78, 5) is 25.1. The smallest absolute Gasteiger partial charge is 0.326 e. The predicted octanol–water partition coefficient (Wildman–Crippen LogP) is 4.38. The van der Waals surface area contributed by atoms with Crippen LogP contribution in [0.1, 0.15) is 39.9 Å². The third kappa shape index (κ3) is 5.67. The van der Waals surface area contributed by atoms with E-state index >= 15 is 0 Å². The van der Waals surface area contributed by atoms with Gasteiger partial charge in [0.05, 0.1) is 11.5 Å². The highest BCUT2D eigenvalue weighted by atomic mass is 19.4. The minimum atomic E-state index is -4.62. The molecule has 1 unspecified atom stereocenters. The van der Waals surface area contributed by atoms with Crippen molar-refractivity contribution in [1.82, 2.24) is 5.32 Å². The second-order valence-corrected chi connectivity index (χ2v) is 7.42. The molecule has 1 amide bonds. The Morgan fingerprint density at radius 3 is 2.62 bits per heavy atom. The van der Waals surface area contributed by atoms with Crippen molar-refractivity contribution in [2.45, 2.75) is 32.4 Å². The molecule has 1 heterocycles. The third-order valence-corrected chi connectivity index (χ3v) is 4.96. The van der Waals surface area contributed by atoms with Crippen molar-refractivity contribution in [3.8, 4) is 0 Å². The number of alkyl halides is 3. The number of Topliss-reactive ketones (excluding diaryl/α,β-unsaturated/α-hetero) is 1. The zero-order valence-electron chi connectivity index (χ0n) is 16.1. The highest BCUT2D eigenvalue weighted by Crippen LogP contribution is 2.32. The number of benzene rings is 2. The Labute approximate surface area is 167 Å². The fourth-order valence-corrected chi connectivity index (χ4v) is 3.45.